The summed E-state index contributed by atoms with van der Waals surface area (Å²) in [6.45, 7) is 0.676. The van der Waals surface area contributed by atoms with E-state index in [9.17, 15) is 8.42 Å². The van der Waals surface area contributed by atoms with Crippen molar-refractivity contribution in [2.45, 2.75) is 36.7 Å². The van der Waals surface area contributed by atoms with E-state index in [0.29, 0.717) is 16.0 Å². The number of sulfonamides is 1. The highest BCUT2D eigenvalue weighted by atomic mass is 79.9. The van der Waals surface area contributed by atoms with Crippen LogP contribution < -0.4 is 4.72 Å². The van der Waals surface area contributed by atoms with Gasteiger partial charge in [0.05, 0.1) is 33.2 Å². The van der Waals surface area contributed by atoms with E-state index in [2.05, 4.69) is 37.9 Å². The van der Waals surface area contributed by atoms with Crippen molar-refractivity contribution in [2.75, 3.05) is 0 Å². The van der Waals surface area contributed by atoms with E-state index in [1.165, 1.54) is 5.56 Å². The number of hydrogen-bond acceptors (Lipinski definition) is 3. The normalized spacial score (nSPS) is 16.7. The van der Waals surface area contributed by atoms with Gasteiger partial charge in [0.1, 0.15) is 0 Å². The Labute approximate surface area is 177 Å². The van der Waals surface area contributed by atoms with Crippen molar-refractivity contribution in [1.29, 1.82) is 0 Å². The summed E-state index contributed by atoms with van der Waals surface area (Å²) in [4.78, 5) is 0.142. The third-order valence-corrected chi connectivity index (χ3v) is 8.12. The molecular weight excluding hydrogens is 462 g/mol. The second-order valence-electron chi connectivity index (χ2n) is 6.81. The molecule has 3 aromatic rings. The third-order valence-electron chi connectivity index (χ3n) is 4.94. The van der Waals surface area contributed by atoms with Gasteiger partial charge in [0.15, 0.2) is 0 Å². The van der Waals surface area contributed by atoms with Crippen molar-refractivity contribution in [2.24, 2.45) is 0 Å². The van der Waals surface area contributed by atoms with Crippen LogP contribution in [0.1, 0.15) is 35.7 Å². The average molecular weight is 481 g/mol. The Kier molecular flexibility index (Phi) is 5.60. The lowest BCUT2D eigenvalue weighted by atomic mass is 9.94. The maximum Gasteiger partial charge on any atom is 0.242 e. The quantitative estimate of drug-likeness (QED) is 0.575. The fourth-order valence-corrected chi connectivity index (χ4v) is 6.06. The SMILES string of the molecule is O=S(=O)(NC1CCCc2c1cnn2Cc1ccccc1)c1cccc(Cl)c1Br. The van der Waals surface area contributed by atoms with Gasteiger partial charge in [0.25, 0.3) is 0 Å². The van der Waals surface area contributed by atoms with Gasteiger partial charge in [0.2, 0.25) is 10.0 Å². The molecule has 0 amide bonds. The van der Waals surface area contributed by atoms with E-state index in [0.717, 1.165) is 30.5 Å². The van der Waals surface area contributed by atoms with Gasteiger partial charge in [-0.3, -0.25) is 4.68 Å². The van der Waals surface area contributed by atoms with E-state index in [1.807, 2.05) is 22.9 Å². The minimum Gasteiger partial charge on any atom is -0.265 e. The Morgan fingerprint density at radius 2 is 1.96 bits per heavy atom. The van der Waals surface area contributed by atoms with Crippen molar-refractivity contribution < 1.29 is 8.42 Å². The smallest absolute Gasteiger partial charge is 0.242 e. The predicted octanol–water partition coefficient (Wildman–Crippen LogP) is 4.70. The van der Waals surface area contributed by atoms with Gasteiger partial charge in [-0.1, -0.05) is 48.0 Å². The Bertz CT molecular complexity index is 1100. The average Bonchev–Trinajstić information content (AvgIpc) is 3.08. The topological polar surface area (TPSA) is 64.0 Å². The van der Waals surface area contributed by atoms with Gasteiger partial charge in [-0.15, -0.1) is 0 Å². The Hall–Kier alpha value is -1.67. The molecule has 1 heterocycles. The lowest BCUT2D eigenvalue weighted by Gasteiger charge is -2.24. The predicted molar refractivity (Wildman–Crippen MR) is 113 cm³/mol. The summed E-state index contributed by atoms with van der Waals surface area (Å²) in [7, 11) is -3.72. The van der Waals surface area contributed by atoms with Crippen LogP contribution in [0.15, 0.2) is 64.1 Å². The molecule has 0 spiro atoms. The van der Waals surface area contributed by atoms with Crippen LogP contribution in [0.5, 0.6) is 0 Å². The highest BCUT2D eigenvalue weighted by molar-refractivity contribution is 9.10. The molecule has 1 unspecified atom stereocenters. The largest absolute Gasteiger partial charge is 0.265 e. The van der Waals surface area contributed by atoms with E-state index < -0.39 is 10.0 Å². The van der Waals surface area contributed by atoms with Crippen LogP contribution >= 0.6 is 27.5 Å². The fraction of sp³-hybridized carbons (Fsp3) is 0.250. The number of benzene rings is 2. The molecule has 1 N–H and O–H groups in total. The molecule has 0 aliphatic heterocycles. The molecule has 0 fully saturated rings. The summed E-state index contributed by atoms with van der Waals surface area (Å²) in [5.41, 5.74) is 3.20. The van der Waals surface area contributed by atoms with Crippen LogP contribution in [0.2, 0.25) is 5.02 Å². The maximum atomic E-state index is 13.0. The van der Waals surface area contributed by atoms with Gasteiger partial charge < -0.3 is 0 Å². The van der Waals surface area contributed by atoms with Gasteiger partial charge in [-0.25, -0.2) is 13.1 Å². The van der Waals surface area contributed by atoms with E-state index in [1.54, 1.807) is 24.4 Å². The van der Waals surface area contributed by atoms with E-state index >= 15 is 0 Å². The Morgan fingerprint density at radius 1 is 1.18 bits per heavy atom. The molecule has 2 aromatic carbocycles. The fourth-order valence-electron chi connectivity index (χ4n) is 3.58. The zero-order valence-electron chi connectivity index (χ0n) is 15.0. The molecule has 0 saturated carbocycles. The third kappa shape index (κ3) is 3.89. The second kappa shape index (κ2) is 7.99. The minimum atomic E-state index is -3.72. The summed E-state index contributed by atoms with van der Waals surface area (Å²) in [5, 5.41) is 4.89. The first kappa shape index (κ1) is 19.6. The lowest BCUT2D eigenvalue weighted by Crippen LogP contribution is -2.31. The van der Waals surface area contributed by atoms with Gasteiger partial charge in [-0.2, -0.15) is 5.10 Å². The van der Waals surface area contributed by atoms with E-state index in [4.69, 9.17) is 11.6 Å². The number of rotatable bonds is 5. The van der Waals surface area contributed by atoms with Crippen LogP contribution in [0, 0.1) is 0 Å². The number of hydrogen-bond donors (Lipinski definition) is 1. The first-order valence-corrected chi connectivity index (χ1v) is 11.7. The van der Waals surface area contributed by atoms with Crippen molar-refractivity contribution in [3.8, 4) is 0 Å². The van der Waals surface area contributed by atoms with Crippen molar-refractivity contribution >= 4 is 37.6 Å². The minimum absolute atomic E-state index is 0.142. The van der Waals surface area contributed by atoms with Crippen molar-refractivity contribution in [1.82, 2.24) is 14.5 Å². The summed E-state index contributed by atoms with van der Waals surface area (Å²) in [6, 6.07) is 14.6. The number of nitrogens with one attached hydrogen (secondary N) is 1. The van der Waals surface area contributed by atoms with Crippen LogP contribution in [-0.4, -0.2) is 18.2 Å². The summed E-state index contributed by atoms with van der Waals surface area (Å²) in [6.07, 6.45) is 4.32. The number of halogens is 2. The molecule has 146 valence electrons. The number of aromatic nitrogens is 2. The van der Waals surface area contributed by atoms with Crippen LogP contribution in [-0.2, 0) is 23.0 Å². The molecule has 0 radical (unpaired) electrons. The van der Waals surface area contributed by atoms with Gasteiger partial charge >= 0.3 is 0 Å². The van der Waals surface area contributed by atoms with Crippen molar-refractivity contribution in [3.05, 3.63) is 81.0 Å². The molecule has 1 aliphatic rings. The Balaban J connectivity index is 1.61. The van der Waals surface area contributed by atoms with E-state index in [-0.39, 0.29) is 10.9 Å². The maximum absolute atomic E-state index is 13.0. The zero-order valence-corrected chi connectivity index (χ0v) is 18.1. The molecule has 1 aromatic heterocycles. The van der Waals surface area contributed by atoms with Gasteiger partial charge in [0, 0.05) is 11.3 Å². The molecule has 5 nitrogen and oxygen atoms in total. The number of nitrogens with zero attached hydrogens (tertiary/aromatic N) is 2. The highest BCUT2D eigenvalue weighted by Crippen LogP contribution is 2.34. The molecule has 1 aliphatic carbocycles. The summed E-state index contributed by atoms with van der Waals surface area (Å²) >= 11 is 9.36. The first-order chi connectivity index (χ1) is 13.5. The molecule has 1 atom stereocenters. The highest BCUT2D eigenvalue weighted by Gasteiger charge is 2.29. The summed E-state index contributed by atoms with van der Waals surface area (Å²) < 4.78 is 31.1. The van der Waals surface area contributed by atoms with Crippen molar-refractivity contribution in [3.63, 3.8) is 0 Å². The molecular formula is C20H19BrClN3O2S. The number of fused-ring (bicyclic) bond motifs is 1. The molecule has 8 heteroatoms. The van der Waals surface area contributed by atoms with Crippen LogP contribution in [0.3, 0.4) is 0 Å². The van der Waals surface area contributed by atoms with Gasteiger partial charge in [-0.05, 0) is 52.9 Å². The Morgan fingerprint density at radius 3 is 2.75 bits per heavy atom. The summed E-state index contributed by atoms with van der Waals surface area (Å²) in [5.74, 6) is 0. The molecule has 28 heavy (non-hydrogen) atoms. The standard InChI is InChI=1S/C20H19BrClN3O2S/c21-20-16(22)8-4-11-19(20)28(26,27)24-17-9-5-10-18-15(17)12-23-25(18)13-14-6-2-1-3-7-14/h1-4,6-8,11-12,17,24H,5,9-10,13H2. The molecule has 4 rings (SSSR count). The lowest BCUT2D eigenvalue weighted by molar-refractivity contribution is 0.493. The van der Waals surface area contributed by atoms with Crippen LogP contribution in [0.4, 0.5) is 0 Å². The van der Waals surface area contributed by atoms with Crippen LogP contribution in [0.25, 0.3) is 0 Å². The zero-order chi connectivity index (χ0) is 19.7. The monoisotopic (exact) mass is 479 g/mol. The second-order valence-corrected chi connectivity index (χ2v) is 9.69. The molecule has 0 saturated heterocycles. The first-order valence-electron chi connectivity index (χ1n) is 9.00. The molecule has 0 bridgehead atoms.